The van der Waals surface area contributed by atoms with Gasteiger partial charge in [-0.3, -0.25) is 4.79 Å². The van der Waals surface area contributed by atoms with Crippen LogP contribution in [-0.2, 0) is 0 Å². The maximum absolute atomic E-state index is 12.3. The van der Waals surface area contributed by atoms with E-state index in [0.29, 0.717) is 30.3 Å². The molecule has 5 nitrogen and oxygen atoms in total. The number of hydrogen-bond donors (Lipinski definition) is 0. The number of nitrogens with zero attached hydrogens (tertiary/aromatic N) is 2. The molecule has 0 aliphatic carbocycles. The number of carbonyl (C=O) groups is 1. The fourth-order valence-electron chi connectivity index (χ4n) is 2.23. The Morgan fingerprint density at radius 3 is 2.86 bits per heavy atom. The molecule has 1 aliphatic rings. The second kappa shape index (κ2) is 6.36. The van der Waals surface area contributed by atoms with Crippen LogP contribution in [0.4, 0.5) is 0 Å². The normalized spacial score (nSPS) is 14.4. The lowest BCUT2D eigenvalue weighted by Crippen LogP contribution is -2.56. The first-order chi connectivity index (χ1) is 10.7. The van der Waals surface area contributed by atoms with Crippen LogP contribution in [0.15, 0.2) is 47.1 Å². The quantitative estimate of drug-likeness (QED) is 0.838. The Balaban J connectivity index is 1.59. The molecular formula is C16H15BrN2O3. The lowest BCUT2D eigenvalue weighted by molar-refractivity contribution is 0.0156. The van der Waals surface area contributed by atoms with E-state index >= 15 is 0 Å². The Hall–Kier alpha value is -2.08. The third kappa shape index (κ3) is 3.06. The Kier molecular flexibility index (Phi) is 4.29. The summed E-state index contributed by atoms with van der Waals surface area (Å²) >= 11 is 3.39. The molecule has 2 aromatic rings. The molecule has 6 heteroatoms. The molecule has 1 aliphatic heterocycles. The van der Waals surface area contributed by atoms with Crippen LogP contribution < -0.4 is 9.47 Å². The van der Waals surface area contributed by atoms with Crippen molar-refractivity contribution in [2.45, 2.75) is 6.10 Å². The van der Waals surface area contributed by atoms with Gasteiger partial charge in [0.1, 0.15) is 11.9 Å². The number of carbonyl (C=O) groups excluding carboxylic acids is 1. The molecule has 0 spiro atoms. The van der Waals surface area contributed by atoms with E-state index in [1.807, 2.05) is 24.3 Å². The van der Waals surface area contributed by atoms with Crippen LogP contribution in [0.3, 0.4) is 0 Å². The number of hydrogen-bond acceptors (Lipinski definition) is 4. The summed E-state index contributed by atoms with van der Waals surface area (Å²) in [7, 11) is 1.59. The van der Waals surface area contributed by atoms with Crippen LogP contribution in [-0.4, -0.2) is 42.1 Å². The van der Waals surface area contributed by atoms with Crippen LogP contribution in [0.1, 0.15) is 10.4 Å². The number of aromatic nitrogens is 1. The third-order valence-corrected chi connectivity index (χ3v) is 4.06. The Morgan fingerprint density at radius 2 is 2.14 bits per heavy atom. The van der Waals surface area contributed by atoms with Gasteiger partial charge >= 0.3 is 0 Å². The van der Waals surface area contributed by atoms with E-state index in [9.17, 15) is 4.79 Å². The van der Waals surface area contributed by atoms with Gasteiger partial charge in [0.05, 0.1) is 24.7 Å². The first-order valence-electron chi connectivity index (χ1n) is 6.88. The lowest BCUT2D eigenvalue weighted by Gasteiger charge is -2.38. The van der Waals surface area contributed by atoms with Gasteiger partial charge in [-0.05, 0) is 46.3 Å². The van der Waals surface area contributed by atoms with Gasteiger partial charge in [0.25, 0.3) is 5.91 Å². The topological polar surface area (TPSA) is 51.7 Å². The average Bonchev–Trinajstić information content (AvgIpc) is 2.51. The van der Waals surface area contributed by atoms with E-state index in [2.05, 4.69) is 20.9 Å². The summed E-state index contributed by atoms with van der Waals surface area (Å²) in [5.74, 6) is 1.22. The van der Waals surface area contributed by atoms with Crippen LogP contribution in [0.2, 0.25) is 0 Å². The fourth-order valence-corrected chi connectivity index (χ4v) is 2.58. The summed E-state index contributed by atoms with van der Waals surface area (Å²) in [6.07, 6.45) is 1.65. The monoisotopic (exact) mass is 362 g/mol. The highest BCUT2D eigenvalue weighted by molar-refractivity contribution is 9.10. The van der Waals surface area contributed by atoms with Gasteiger partial charge in [0, 0.05) is 11.8 Å². The molecule has 1 saturated heterocycles. The summed E-state index contributed by atoms with van der Waals surface area (Å²) < 4.78 is 11.7. The Labute approximate surface area is 137 Å². The molecule has 114 valence electrons. The van der Waals surface area contributed by atoms with Crippen molar-refractivity contribution in [2.75, 3.05) is 20.2 Å². The minimum Gasteiger partial charge on any atom is -0.497 e. The van der Waals surface area contributed by atoms with E-state index in [0.717, 1.165) is 4.47 Å². The predicted molar refractivity (Wildman–Crippen MR) is 85.3 cm³/mol. The van der Waals surface area contributed by atoms with Crippen molar-refractivity contribution in [2.24, 2.45) is 0 Å². The number of pyridine rings is 1. The largest absolute Gasteiger partial charge is 0.497 e. The molecule has 3 rings (SSSR count). The van der Waals surface area contributed by atoms with Gasteiger partial charge in [-0.1, -0.05) is 6.07 Å². The summed E-state index contributed by atoms with van der Waals surface area (Å²) in [6, 6.07) is 10.9. The maximum atomic E-state index is 12.3. The number of methoxy groups -OCH3 is 1. The van der Waals surface area contributed by atoms with Gasteiger partial charge in [0.2, 0.25) is 5.88 Å². The van der Waals surface area contributed by atoms with Crippen molar-refractivity contribution < 1.29 is 14.3 Å². The summed E-state index contributed by atoms with van der Waals surface area (Å²) in [4.78, 5) is 18.3. The van der Waals surface area contributed by atoms with Crippen molar-refractivity contribution in [3.63, 3.8) is 0 Å². The molecule has 0 bridgehead atoms. The second-order valence-electron chi connectivity index (χ2n) is 4.97. The Morgan fingerprint density at radius 1 is 1.32 bits per heavy atom. The van der Waals surface area contributed by atoms with Crippen LogP contribution in [0.25, 0.3) is 0 Å². The van der Waals surface area contributed by atoms with Gasteiger partial charge < -0.3 is 14.4 Å². The molecule has 1 aromatic carbocycles. The van der Waals surface area contributed by atoms with Crippen LogP contribution in [0.5, 0.6) is 11.6 Å². The van der Waals surface area contributed by atoms with E-state index in [4.69, 9.17) is 9.47 Å². The smallest absolute Gasteiger partial charge is 0.254 e. The molecule has 22 heavy (non-hydrogen) atoms. The molecule has 0 N–H and O–H groups in total. The molecule has 0 radical (unpaired) electrons. The van der Waals surface area contributed by atoms with E-state index in [-0.39, 0.29) is 12.0 Å². The van der Waals surface area contributed by atoms with Crippen molar-refractivity contribution in [1.82, 2.24) is 9.88 Å². The minimum atomic E-state index is -0.0271. The molecule has 0 saturated carbocycles. The van der Waals surface area contributed by atoms with Gasteiger partial charge in [0.15, 0.2) is 0 Å². The van der Waals surface area contributed by atoms with E-state index in [1.165, 1.54) is 0 Å². The summed E-state index contributed by atoms with van der Waals surface area (Å²) in [5, 5.41) is 0. The first-order valence-corrected chi connectivity index (χ1v) is 7.67. The summed E-state index contributed by atoms with van der Waals surface area (Å²) in [5.41, 5.74) is 0.622. The number of rotatable bonds is 4. The highest BCUT2D eigenvalue weighted by Crippen LogP contribution is 2.25. The molecule has 0 unspecified atom stereocenters. The van der Waals surface area contributed by atoms with E-state index in [1.54, 1.807) is 30.3 Å². The predicted octanol–water partition coefficient (Wildman–Crippen LogP) is 2.76. The molecular weight excluding hydrogens is 348 g/mol. The zero-order valence-corrected chi connectivity index (χ0v) is 13.6. The summed E-state index contributed by atoms with van der Waals surface area (Å²) in [6.45, 7) is 1.11. The van der Waals surface area contributed by atoms with Crippen LogP contribution >= 0.6 is 15.9 Å². The second-order valence-corrected chi connectivity index (χ2v) is 5.83. The zero-order chi connectivity index (χ0) is 15.5. The average molecular weight is 363 g/mol. The number of benzene rings is 1. The van der Waals surface area contributed by atoms with Crippen molar-refractivity contribution >= 4 is 21.8 Å². The number of ether oxygens (including phenoxy) is 2. The van der Waals surface area contributed by atoms with Gasteiger partial charge in [-0.25, -0.2) is 4.98 Å². The number of amides is 1. The minimum absolute atomic E-state index is 0.0150. The van der Waals surface area contributed by atoms with Crippen molar-refractivity contribution in [1.29, 1.82) is 0 Å². The molecule has 1 aromatic heterocycles. The van der Waals surface area contributed by atoms with Gasteiger partial charge in [-0.2, -0.15) is 0 Å². The first kappa shape index (κ1) is 14.8. The zero-order valence-electron chi connectivity index (χ0n) is 12.0. The molecule has 2 heterocycles. The number of halogens is 1. The molecule has 1 amide bonds. The highest BCUT2D eigenvalue weighted by Gasteiger charge is 2.33. The molecule has 1 fully saturated rings. The van der Waals surface area contributed by atoms with Gasteiger partial charge in [-0.15, -0.1) is 0 Å². The van der Waals surface area contributed by atoms with E-state index < -0.39 is 0 Å². The highest BCUT2D eigenvalue weighted by atomic mass is 79.9. The lowest BCUT2D eigenvalue weighted by atomic mass is 10.1. The standard InChI is InChI=1S/C16H15BrN2O3/c1-21-12-5-2-4-11(8-12)16(20)19-9-13(10-19)22-15-14(17)6-3-7-18-15/h2-8,13H,9-10H2,1H3. The molecule has 0 atom stereocenters. The maximum Gasteiger partial charge on any atom is 0.254 e. The fraction of sp³-hybridized carbons (Fsp3) is 0.250. The van der Waals surface area contributed by atoms with Crippen LogP contribution in [0, 0.1) is 0 Å². The Bertz CT molecular complexity index is 687. The number of likely N-dealkylation sites (tertiary alicyclic amines) is 1. The third-order valence-electron chi connectivity index (χ3n) is 3.45. The SMILES string of the molecule is COc1cccc(C(=O)N2CC(Oc3ncccc3Br)C2)c1. The van der Waals surface area contributed by atoms with Crippen molar-refractivity contribution in [3.8, 4) is 11.6 Å². The van der Waals surface area contributed by atoms with Crippen molar-refractivity contribution in [3.05, 3.63) is 52.6 Å².